The zero-order valence-corrected chi connectivity index (χ0v) is 21.5. The van der Waals surface area contributed by atoms with Gasteiger partial charge in [0.1, 0.15) is 0 Å². The Morgan fingerprint density at radius 1 is 1.17 bits per heavy atom. The van der Waals surface area contributed by atoms with Gasteiger partial charge in [0, 0.05) is 28.8 Å². The fraction of sp³-hybridized carbons (Fsp3) is 0.480. The molecule has 0 radical (unpaired) electrons. The Labute approximate surface area is 215 Å². The predicted molar refractivity (Wildman–Crippen MR) is 134 cm³/mol. The number of likely N-dealkylation sites (tertiary alicyclic amines) is 1. The normalized spacial score (nSPS) is 19.4. The lowest BCUT2D eigenvalue weighted by Crippen LogP contribution is -2.51. The van der Waals surface area contributed by atoms with Crippen LogP contribution >= 0.6 is 23.2 Å². The summed E-state index contributed by atoms with van der Waals surface area (Å²) < 4.78 is 10.6. The average molecular weight is 524 g/mol. The number of hydrogen-bond acceptors (Lipinski definition) is 6. The molecule has 1 aromatic carbocycles. The Bertz CT molecular complexity index is 1000. The van der Waals surface area contributed by atoms with Gasteiger partial charge in [-0.1, -0.05) is 35.3 Å². The second-order valence-corrected chi connectivity index (χ2v) is 9.17. The van der Waals surface area contributed by atoms with Gasteiger partial charge in [-0.25, -0.2) is 9.59 Å². The van der Waals surface area contributed by atoms with Crippen molar-refractivity contribution in [2.45, 2.75) is 32.7 Å². The number of hydrogen-bond donors (Lipinski definition) is 1. The predicted octanol–water partition coefficient (Wildman–Crippen LogP) is 4.34. The highest BCUT2D eigenvalue weighted by molar-refractivity contribution is 6.35. The van der Waals surface area contributed by atoms with Crippen LogP contribution in [0.25, 0.3) is 0 Å². The monoisotopic (exact) mass is 523 g/mol. The van der Waals surface area contributed by atoms with Gasteiger partial charge < -0.3 is 14.8 Å². The highest BCUT2D eigenvalue weighted by Gasteiger charge is 2.39. The molecule has 2 amide bonds. The summed E-state index contributed by atoms with van der Waals surface area (Å²) in [5, 5.41) is 3.67. The Morgan fingerprint density at radius 3 is 2.46 bits per heavy atom. The van der Waals surface area contributed by atoms with Gasteiger partial charge in [0.25, 0.3) is 0 Å². The summed E-state index contributed by atoms with van der Waals surface area (Å²) in [5.74, 6) is -0.861. The number of rotatable bonds is 9. The number of nitrogens with one attached hydrogen (secondary N) is 1. The summed E-state index contributed by atoms with van der Waals surface area (Å²) in [7, 11) is 0. The summed E-state index contributed by atoms with van der Waals surface area (Å²) in [6.45, 7) is 9.61. The van der Waals surface area contributed by atoms with Gasteiger partial charge in [-0.2, -0.15) is 0 Å². The summed E-state index contributed by atoms with van der Waals surface area (Å²) in [4.78, 5) is 42.2. The summed E-state index contributed by atoms with van der Waals surface area (Å²) in [5.41, 5.74) is 1.38. The molecule has 1 fully saturated rings. The zero-order chi connectivity index (χ0) is 25.5. The minimum absolute atomic E-state index is 0.149. The van der Waals surface area contributed by atoms with E-state index in [1.165, 1.54) is 4.90 Å². The maximum Gasteiger partial charge on any atom is 0.338 e. The van der Waals surface area contributed by atoms with Crippen molar-refractivity contribution in [2.75, 3.05) is 39.4 Å². The number of carbonyl (C=O) groups is 3. The van der Waals surface area contributed by atoms with Gasteiger partial charge in [-0.15, -0.1) is 6.58 Å². The molecule has 1 unspecified atom stereocenters. The summed E-state index contributed by atoms with van der Waals surface area (Å²) in [6, 6.07) is 3.75. The van der Waals surface area contributed by atoms with Crippen molar-refractivity contribution in [1.29, 1.82) is 0 Å². The van der Waals surface area contributed by atoms with Crippen LogP contribution in [0.4, 0.5) is 4.79 Å². The number of halogens is 2. The van der Waals surface area contributed by atoms with Crippen molar-refractivity contribution >= 4 is 41.2 Å². The van der Waals surface area contributed by atoms with Crippen molar-refractivity contribution < 1.29 is 23.9 Å². The van der Waals surface area contributed by atoms with Gasteiger partial charge >= 0.3 is 18.0 Å². The number of amides is 2. The largest absolute Gasteiger partial charge is 0.466 e. The van der Waals surface area contributed by atoms with E-state index in [1.807, 2.05) is 0 Å². The molecule has 0 aromatic heterocycles. The minimum atomic E-state index is -0.806. The smallest absolute Gasteiger partial charge is 0.338 e. The van der Waals surface area contributed by atoms with Crippen molar-refractivity contribution in [3.8, 4) is 0 Å². The van der Waals surface area contributed by atoms with E-state index in [1.54, 1.807) is 38.1 Å². The van der Waals surface area contributed by atoms with Crippen molar-refractivity contribution in [2.24, 2.45) is 5.92 Å². The van der Waals surface area contributed by atoms with Gasteiger partial charge in [-0.05, 0) is 57.5 Å². The molecule has 0 bridgehead atoms. The summed E-state index contributed by atoms with van der Waals surface area (Å²) >= 11 is 12.5. The first kappa shape index (κ1) is 27.0. The molecule has 2 heterocycles. The third-order valence-electron chi connectivity index (χ3n) is 6.10. The van der Waals surface area contributed by atoms with E-state index in [0.717, 1.165) is 0 Å². The molecule has 2 aliphatic heterocycles. The van der Waals surface area contributed by atoms with Crippen LogP contribution in [0.15, 0.2) is 42.1 Å². The zero-order valence-electron chi connectivity index (χ0n) is 20.0. The molecule has 3 rings (SSSR count). The second-order valence-electron chi connectivity index (χ2n) is 8.33. The maximum atomic E-state index is 13.2. The highest BCUT2D eigenvalue weighted by Crippen LogP contribution is 2.36. The van der Waals surface area contributed by atoms with E-state index in [4.69, 9.17) is 32.7 Å². The first-order valence-electron chi connectivity index (χ1n) is 11.7. The molecule has 1 saturated heterocycles. The molecule has 1 aromatic rings. The molecule has 1 atom stereocenters. The van der Waals surface area contributed by atoms with E-state index in [2.05, 4.69) is 16.8 Å². The van der Waals surface area contributed by atoms with E-state index < -0.39 is 12.0 Å². The van der Waals surface area contributed by atoms with Crippen LogP contribution in [-0.4, -0.2) is 67.2 Å². The quantitative estimate of drug-likeness (QED) is 0.382. The molecule has 0 aliphatic carbocycles. The van der Waals surface area contributed by atoms with Crippen molar-refractivity contribution in [3.63, 3.8) is 0 Å². The summed E-state index contributed by atoms with van der Waals surface area (Å²) in [6.07, 6.45) is 2.88. The van der Waals surface area contributed by atoms with E-state index in [-0.39, 0.29) is 31.1 Å². The van der Waals surface area contributed by atoms with E-state index in [9.17, 15) is 14.4 Å². The molecule has 190 valence electrons. The third kappa shape index (κ3) is 6.37. The number of esters is 2. The molecule has 0 saturated carbocycles. The molecule has 8 nitrogen and oxygen atoms in total. The lowest BCUT2D eigenvalue weighted by Gasteiger charge is -2.39. The van der Waals surface area contributed by atoms with Gasteiger partial charge in [0.2, 0.25) is 0 Å². The first-order chi connectivity index (χ1) is 16.8. The number of nitrogens with zero attached hydrogens (tertiary/aromatic N) is 2. The van der Waals surface area contributed by atoms with Crippen LogP contribution < -0.4 is 5.32 Å². The third-order valence-corrected chi connectivity index (χ3v) is 6.66. The average Bonchev–Trinajstić information content (AvgIpc) is 2.82. The number of piperidine rings is 1. The first-order valence-corrected chi connectivity index (χ1v) is 12.5. The number of urea groups is 1. The van der Waals surface area contributed by atoms with Gasteiger partial charge in [0.05, 0.1) is 30.7 Å². The lowest BCUT2D eigenvalue weighted by molar-refractivity contribution is -0.149. The van der Waals surface area contributed by atoms with Crippen LogP contribution in [0.3, 0.4) is 0 Å². The van der Waals surface area contributed by atoms with Gasteiger partial charge in [0.15, 0.2) is 0 Å². The Kier molecular flexibility index (Phi) is 9.60. The number of carbonyl (C=O) groups excluding carboxylic acids is 3. The Hall–Kier alpha value is -2.55. The fourth-order valence-electron chi connectivity index (χ4n) is 4.41. The molecule has 2 aliphatic rings. The lowest BCUT2D eigenvalue weighted by atomic mass is 9.93. The number of ether oxygens (including phenoxy) is 2. The topological polar surface area (TPSA) is 88.2 Å². The minimum Gasteiger partial charge on any atom is -0.466 e. The van der Waals surface area contributed by atoms with Crippen molar-refractivity contribution in [3.05, 3.63) is 57.7 Å². The molecule has 0 spiro atoms. The van der Waals surface area contributed by atoms with Gasteiger partial charge in [-0.3, -0.25) is 14.6 Å². The molecular weight excluding hydrogens is 493 g/mol. The van der Waals surface area contributed by atoms with E-state index in [0.29, 0.717) is 66.0 Å². The van der Waals surface area contributed by atoms with Crippen molar-refractivity contribution in [1.82, 2.24) is 15.1 Å². The maximum absolute atomic E-state index is 13.2. The van der Waals surface area contributed by atoms with E-state index >= 15 is 0 Å². The Balaban J connectivity index is 1.99. The molecular formula is C25H31Cl2N3O5. The Morgan fingerprint density at radius 2 is 1.86 bits per heavy atom. The number of benzene rings is 1. The van der Waals surface area contributed by atoms with Crippen LogP contribution in [0, 0.1) is 5.92 Å². The van der Waals surface area contributed by atoms with Crippen LogP contribution in [-0.2, 0) is 19.1 Å². The van der Waals surface area contributed by atoms with Crippen LogP contribution in [0.1, 0.15) is 38.3 Å². The van der Waals surface area contributed by atoms with Crippen LogP contribution in [0.2, 0.25) is 10.0 Å². The SMILES string of the molecule is C=CCN1C(=O)NC(c2ccc(Cl)cc2Cl)C(C(=O)OCC)=C1CN1CCC(C(=O)OCC)CC1. The van der Waals surface area contributed by atoms with Crippen LogP contribution in [0.5, 0.6) is 0 Å². The molecule has 1 N–H and O–H groups in total. The highest BCUT2D eigenvalue weighted by atomic mass is 35.5. The second kappa shape index (κ2) is 12.4. The fourth-order valence-corrected chi connectivity index (χ4v) is 4.93. The molecule has 35 heavy (non-hydrogen) atoms. The standard InChI is InChI=1S/C25H31Cl2N3O5/c1-4-11-30-20(15-29-12-9-16(10-13-29)23(31)34-5-2)21(24(32)35-6-3)22(28-25(30)33)18-8-7-17(26)14-19(18)27/h4,7-8,14,16,22H,1,5-6,9-13,15H2,2-3H3,(H,28,33). The molecule has 10 heteroatoms.